The van der Waals surface area contributed by atoms with Gasteiger partial charge in [0, 0.05) is 20.1 Å². The lowest BCUT2D eigenvalue weighted by Gasteiger charge is -2.15. The van der Waals surface area contributed by atoms with Gasteiger partial charge in [0.1, 0.15) is 12.3 Å². The van der Waals surface area contributed by atoms with Crippen molar-refractivity contribution in [3.05, 3.63) is 61.7 Å². The summed E-state index contributed by atoms with van der Waals surface area (Å²) in [5, 5.41) is 6.71. The summed E-state index contributed by atoms with van der Waals surface area (Å²) in [6.07, 6.45) is 1.68. The summed E-state index contributed by atoms with van der Waals surface area (Å²) in [7, 11) is 0. The normalized spacial score (nSPS) is 14.8. The molecule has 0 atom stereocenters. The first-order valence-electron chi connectivity index (χ1n) is 8.24. The number of hydrogen-bond acceptors (Lipinski definition) is 4. The van der Waals surface area contributed by atoms with Gasteiger partial charge in [-0.15, -0.1) is 0 Å². The molecule has 0 aliphatic carbocycles. The van der Waals surface area contributed by atoms with E-state index >= 15 is 0 Å². The fourth-order valence-corrected chi connectivity index (χ4v) is 3.58. The van der Waals surface area contributed by atoms with E-state index < -0.39 is 0 Å². The van der Waals surface area contributed by atoms with Gasteiger partial charge in [-0.25, -0.2) is 0 Å². The molecule has 1 aliphatic rings. The van der Waals surface area contributed by atoms with E-state index in [1.807, 2.05) is 13.0 Å². The quantitative estimate of drug-likeness (QED) is 0.427. The fraction of sp³-hybridized carbons (Fsp3) is 0.158. The molecule has 1 heterocycles. The van der Waals surface area contributed by atoms with Crippen molar-refractivity contribution in [2.75, 3.05) is 6.61 Å². The Morgan fingerprint density at radius 3 is 2.54 bits per heavy atom. The lowest BCUT2D eigenvalue weighted by Crippen LogP contribution is -2.21. The summed E-state index contributed by atoms with van der Waals surface area (Å²) in [6.45, 7) is 2.59. The third-order valence-electron chi connectivity index (χ3n) is 3.78. The number of ether oxygens (including phenoxy) is 2. The first-order chi connectivity index (χ1) is 13.4. The fourth-order valence-electron chi connectivity index (χ4n) is 2.47. The van der Waals surface area contributed by atoms with Crippen LogP contribution in [0.5, 0.6) is 11.5 Å². The monoisotopic (exact) mass is 500 g/mol. The van der Waals surface area contributed by atoms with Gasteiger partial charge in [-0.1, -0.05) is 45.2 Å². The molecule has 9 heteroatoms. The summed E-state index contributed by atoms with van der Waals surface area (Å²) in [4.78, 5) is 11.9. The Balaban J connectivity index is 1.87. The second-order valence-electron chi connectivity index (χ2n) is 5.74. The average Bonchev–Trinajstić information content (AvgIpc) is 2.95. The minimum atomic E-state index is -0.285. The van der Waals surface area contributed by atoms with Gasteiger partial charge in [-0.3, -0.25) is 10.1 Å². The molecule has 2 aromatic carbocycles. The Morgan fingerprint density at radius 1 is 1.14 bits per heavy atom. The molecule has 0 aromatic heterocycles. The average molecular weight is 502 g/mol. The highest BCUT2D eigenvalue weighted by molar-refractivity contribution is 9.10. The molecular formula is C19H15BrCl2N2O3S. The highest BCUT2D eigenvalue weighted by Gasteiger charge is 2.21. The van der Waals surface area contributed by atoms with Gasteiger partial charge in [0.05, 0.1) is 6.61 Å². The minimum absolute atomic E-state index is 0.251. The van der Waals surface area contributed by atoms with Crippen LogP contribution in [0.4, 0.5) is 0 Å². The van der Waals surface area contributed by atoms with E-state index in [0.717, 1.165) is 15.6 Å². The number of thiocarbonyl (C=S) groups is 1. The van der Waals surface area contributed by atoms with E-state index in [0.29, 0.717) is 33.8 Å². The molecule has 2 N–H and O–H groups in total. The molecule has 0 unspecified atom stereocenters. The topological polar surface area (TPSA) is 59.6 Å². The summed E-state index contributed by atoms with van der Waals surface area (Å²) in [5.41, 5.74) is 1.90. The van der Waals surface area contributed by atoms with Crippen LogP contribution in [-0.4, -0.2) is 17.6 Å². The summed E-state index contributed by atoms with van der Waals surface area (Å²) >= 11 is 20.6. The van der Waals surface area contributed by atoms with Crippen LogP contribution >= 0.6 is 51.3 Å². The largest absolute Gasteiger partial charge is 0.490 e. The van der Waals surface area contributed by atoms with Gasteiger partial charge in [0.2, 0.25) is 0 Å². The molecule has 0 spiro atoms. The van der Waals surface area contributed by atoms with Crippen molar-refractivity contribution in [3.63, 3.8) is 0 Å². The zero-order valence-electron chi connectivity index (χ0n) is 14.6. The van der Waals surface area contributed by atoms with E-state index in [1.165, 1.54) is 0 Å². The van der Waals surface area contributed by atoms with Gasteiger partial charge in [0.25, 0.3) is 5.91 Å². The zero-order chi connectivity index (χ0) is 20.3. The highest BCUT2D eigenvalue weighted by Crippen LogP contribution is 2.36. The third-order valence-corrected chi connectivity index (χ3v) is 5.26. The Kier molecular flexibility index (Phi) is 6.82. The number of amides is 1. The van der Waals surface area contributed by atoms with Gasteiger partial charge in [0.15, 0.2) is 16.6 Å². The van der Waals surface area contributed by atoms with Crippen LogP contribution in [0.1, 0.15) is 18.1 Å². The number of halogens is 3. The summed E-state index contributed by atoms with van der Waals surface area (Å²) < 4.78 is 12.4. The molecule has 0 bridgehead atoms. The van der Waals surface area contributed by atoms with Gasteiger partial charge in [-0.2, -0.15) is 0 Å². The van der Waals surface area contributed by atoms with Crippen molar-refractivity contribution in [1.82, 2.24) is 10.6 Å². The Labute approximate surface area is 186 Å². The van der Waals surface area contributed by atoms with E-state index in [2.05, 4.69) is 26.6 Å². The molecule has 1 saturated heterocycles. The number of benzene rings is 2. The van der Waals surface area contributed by atoms with Gasteiger partial charge < -0.3 is 14.8 Å². The predicted octanol–water partition coefficient (Wildman–Crippen LogP) is 5.08. The van der Waals surface area contributed by atoms with Crippen LogP contribution in [0, 0.1) is 0 Å². The maximum atomic E-state index is 11.9. The van der Waals surface area contributed by atoms with Crippen molar-refractivity contribution >= 4 is 68.4 Å². The molecule has 0 radical (unpaired) electrons. The van der Waals surface area contributed by atoms with Crippen molar-refractivity contribution < 1.29 is 14.3 Å². The van der Waals surface area contributed by atoms with Crippen LogP contribution in [0.3, 0.4) is 0 Å². The lowest BCUT2D eigenvalue weighted by molar-refractivity contribution is -0.115. The first kappa shape index (κ1) is 20.9. The van der Waals surface area contributed by atoms with Gasteiger partial charge >= 0.3 is 0 Å². The molecular weight excluding hydrogens is 487 g/mol. The van der Waals surface area contributed by atoms with Crippen molar-refractivity contribution in [1.29, 1.82) is 0 Å². The van der Waals surface area contributed by atoms with E-state index in [1.54, 1.807) is 30.3 Å². The minimum Gasteiger partial charge on any atom is -0.490 e. The number of carbonyl (C=O) groups excluding carboxylic acids is 1. The van der Waals surface area contributed by atoms with Crippen molar-refractivity contribution in [3.8, 4) is 11.5 Å². The maximum Gasteiger partial charge on any atom is 0.273 e. The van der Waals surface area contributed by atoms with Crippen LogP contribution in [0.2, 0.25) is 10.0 Å². The molecule has 146 valence electrons. The van der Waals surface area contributed by atoms with Crippen molar-refractivity contribution in [2.24, 2.45) is 0 Å². The molecule has 1 amide bonds. The summed E-state index contributed by atoms with van der Waals surface area (Å²) in [5.74, 6) is 0.803. The number of rotatable bonds is 6. The smallest absolute Gasteiger partial charge is 0.273 e. The number of carbonyl (C=O) groups is 1. The van der Waals surface area contributed by atoms with Crippen LogP contribution in [0.15, 0.2) is 40.5 Å². The second-order valence-corrected chi connectivity index (χ2v) is 7.85. The molecule has 28 heavy (non-hydrogen) atoms. The standard InChI is InChI=1S/C19H15BrCl2N2O3S/c1-2-26-16-6-11(5-15-18(25)24-19(28)23-15)13(20)8-17(16)27-9-10-3-4-12(21)7-14(10)22/h3-8H,2,9H2,1H3,(H2,23,24,25,28)/b15-5+. The molecule has 5 nitrogen and oxygen atoms in total. The van der Waals surface area contributed by atoms with Gasteiger partial charge in [-0.05, 0) is 55.0 Å². The number of nitrogens with one attached hydrogen (secondary N) is 2. The number of hydrogen-bond donors (Lipinski definition) is 2. The van der Waals surface area contributed by atoms with Crippen LogP contribution in [0.25, 0.3) is 6.08 Å². The summed E-state index contributed by atoms with van der Waals surface area (Å²) in [6, 6.07) is 8.81. The highest BCUT2D eigenvalue weighted by atomic mass is 79.9. The molecule has 1 fully saturated rings. The van der Waals surface area contributed by atoms with Crippen LogP contribution < -0.4 is 20.1 Å². The Bertz CT molecular complexity index is 982. The predicted molar refractivity (Wildman–Crippen MR) is 118 cm³/mol. The van der Waals surface area contributed by atoms with Crippen LogP contribution in [-0.2, 0) is 11.4 Å². The molecule has 0 saturated carbocycles. The molecule has 3 rings (SSSR count). The first-order valence-corrected chi connectivity index (χ1v) is 10.2. The zero-order valence-corrected chi connectivity index (χ0v) is 18.6. The lowest BCUT2D eigenvalue weighted by atomic mass is 10.1. The Morgan fingerprint density at radius 2 is 1.89 bits per heavy atom. The molecule has 2 aromatic rings. The third kappa shape index (κ3) is 4.97. The Hall–Kier alpha value is -1.80. The van der Waals surface area contributed by atoms with Crippen molar-refractivity contribution in [2.45, 2.75) is 13.5 Å². The van der Waals surface area contributed by atoms with E-state index in [9.17, 15) is 4.79 Å². The van der Waals surface area contributed by atoms with E-state index in [-0.39, 0.29) is 17.6 Å². The SMILES string of the molecule is CCOc1cc(/C=C2/NC(=S)NC2=O)c(Br)cc1OCc1ccc(Cl)cc1Cl. The second kappa shape index (κ2) is 9.13. The molecule has 1 aliphatic heterocycles. The van der Waals surface area contributed by atoms with E-state index in [4.69, 9.17) is 44.9 Å². The maximum absolute atomic E-state index is 11.9.